The van der Waals surface area contributed by atoms with Crippen molar-refractivity contribution in [1.82, 2.24) is 4.90 Å². The van der Waals surface area contributed by atoms with Gasteiger partial charge in [-0.15, -0.1) is 0 Å². The SMILES string of the molecule is O=C(O)CCCCC(/C=C/c1ccccc1OCCCCCN1CCN(c2cccc(C(F)(F)F)c2)CC1)Cc1ccc(C(=O)O)cc1. The minimum absolute atomic E-state index is 0.139. The molecule has 2 N–H and O–H groups in total. The molecule has 3 aromatic rings. The molecule has 7 nitrogen and oxygen atoms in total. The molecule has 1 unspecified atom stereocenters. The van der Waals surface area contributed by atoms with Crippen molar-refractivity contribution in [2.24, 2.45) is 5.92 Å². The number of aliphatic carboxylic acids is 1. The Kier molecular flexibility index (Phi) is 13.9. The van der Waals surface area contributed by atoms with E-state index in [2.05, 4.69) is 17.1 Å². The zero-order chi connectivity index (χ0) is 34.4. The standard InChI is InChI=1S/C38H45F3N2O5/c39-38(40,41)33-11-8-12-34(28-33)43-24-22-42(23-25-43)21-6-1-7-26-48-35-13-4-3-10-31(35)18-15-29(9-2-5-14-36(44)45)27-30-16-19-32(20-17-30)37(46)47/h3-4,8,10-13,15-20,28-29H,1-2,5-7,9,14,21-27H2,(H,44,45)(H,46,47)/b18-15+. The van der Waals surface area contributed by atoms with Gasteiger partial charge in [-0.05, 0) is 92.9 Å². The van der Waals surface area contributed by atoms with Gasteiger partial charge in [-0.1, -0.05) is 55.0 Å². The summed E-state index contributed by atoms with van der Waals surface area (Å²) in [6, 6.07) is 20.3. The highest BCUT2D eigenvalue weighted by Gasteiger charge is 2.31. The van der Waals surface area contributed by atoms with E-state index in [1.165, 1.54) is 12.1 Å². The van der Waals surface area contributed by atoms with Crippen molar-refractivity contribution in [2.75, 3.05) is 44.2 Å². The molecule has 10 heteroatoms. The van der Waals surface area contributed by atoms with Crippen LogP contribution in [-0.4, -0.2) is 66.4 Å². The van der Waals surface area contributed by atoms with Crippen LogP contribution in [0.1, 0.15) is 72.0 Å². The lowest BCUT2D eigenvalue weighted by molar-refractivity contribution is -0.138. The maximum absolute atomic E-state index is 13.1. The second-order valence-electron chi connectivity index (χ2n) is 12.3. The highest BCUT2D eigenvalue weighted by atomic mass is 19.4. The smallest absolute Gasteiger partial charge is 0.416 e. The van der Waals surface area contributed by atoms with E-state index in [0.717, 1.165) is 74.7 Å². The van der Waals surface area contributed by atoms with Crippen LogP contribution in [0.15, 0.2) is 78.9 Å². The number of para-hydroxylation sites is 1. The van der Waals surface area contributed by atoms with Gasteiger partial charge < -0.3 is 19.8 Å². The molecule has 1 aliphatic heterocycles. The topological polar surface area (TPSA) is 90.3 Å². The number of rotatable bonds is 18. The molecule has 0 saturated carbocycles. The molecule has 1 fully saturated rings. The third-order valence-corrected chi connectivity index (χ3v) is 8.67. The molecule has 1 aliphatic rings. The number of aromatic carboxylic acids is 1. The molecule has 0 bridgehead atoms. The molecule has 258 valence electrons. The van der Waals surface area contributed by atoms with Crippen molar-refractivity contribution in [2.45, 2.75) is 57.5 Å². The largest absolute Gasteiger partial charge is 0.493 e. The van der Waals surface area contributed by atoms with E-state index < -0.39 is 23.7 Å². The summed E-state index contributed by atoms with van der Waals surface area (Å²) in [4.78, 5) is 26.6. The zero-order valence-corrected chi connectivity index (χ0v) is 27.2. The number of benzene rings is 3. The molecule has 4 rings (SSSR count). The molecule has 3 aromatic carbocycles. The van der Waals surface area contributed by atoms with E-state index in [1.54, 1.807) is 18.2 Å². The second-order valence-corrected chi connectivity index (χ2v) is 12.3. The summed E-state index contributed by atoms with van der Waals surface area (Å²) in [6.07, 6.45) is 5.84. The average molecular weight is 667 g/mol. The number of hydrogen-bond acceptors (Lipinski definition) is 5. The number of nitrogens with zero attached hydrogens (tertiary/aromatic N) is 2. The molecule has 0 radical (unpaired) electrons. The summed E-state index contributed by atoms with van der Waals surface area (Å²) in [5, 5.41) is 18.2. The van der Waals surface area contributed by atoms with Gasteiger partial charge >= 0.3 is 18.1 Å². The number of alkyl halides is 3. The summed E-state index contributed by atoms with van der Waals surface area (Å²) < 4.78 is 45.5. The molecule has 0 aliphatic carbocycles. The number of allylic oxidation sites excluding steroid dienone is 1. The highest BCUT2D eigenvalue weighted by molar-refractivity contribution is 5.87. The van der Waals surface area contributed by atoms with Crippen molar-refractivity contribution >= 4 is 23.7 Å². The van der Waals surface area contributed by atoms with Gasteiger partial charge in [-0.25, -0.2) is 4.79 Å². The number of carboxylic acids is 2. The molecule has 0 amide bonds. The molecule has 1 heterocycles. The highest BCUT2D eigenvalue weighted by Crippen LogP contribution is 2.32. The summed E-state index contributed by atoms with van der Waals surface area (Å²) >= 11 is 0. The van der Waals surface area contributed by atoms with E-state index in [4.69, 9.17) is 9.84 Å². The van der Waals surface area contributed by atoms with E-state index in [9.17, 15) is 27.9 Å². The fraction of sp³-hybridized carbons (Fsp3) is 0.421. The third kappa shape index (κ3) is 12.0. The van der Waals surface area contributed by atoms with E-state index in [1.807, 2.05) is 41.3 Å². The van der Waals surface area contributed by atoms with Gasteiger partial charge in [0.2, 0.25) is 0 Å². The van der Waals surface area contributed by atoms with E-state index in [-0.39, 0.29) is 17.9 Å². The molecule has 48 heavy (non-hydrogen) atoms. The van der Waals surface area contributed by atoms with E-state index in [0.29, 0.717) is 38.2 Å². The van der Waals surface area contributed by atoms with Gasteiger partial charge in [0, 0.05) is 43.9 Å². The maximum atomic E-state index is 13.1. The van der Waals surface area contributed by atoms with Crippen LogP contribution in [0.25, 0.3) is 6.08 Å². The number of ether oxygens (including phenoxy) is 1. The first-order valence-corrected chi connectivity index (χ1v) is 16.7. The Morgan fingerprint density at radius 3 is 2.31 bits per heavy atom. The van der Waals surface area contributed by atoms with E-state index >= 15 is 0 Å². The minimum atomic E-state index is -4.34. The summed E-state index contributed by atoms with van der Waals surface area (Å²) in [7, 11) is 0. The van der Waals surface area contributed by atoms with Crippen LogP contribution in [0.3, 0.4) is 0 Å². The van der Waals surface area contributed by atoms with Crippen LogP contribution in [-0.2, 0) is 17.4 Å². The lowest BCUT2D eigenvalue weighted by Crippen LogP contribution is -2.46. The number of carboxylic acid groups (broad SMARTS) is 2. The molecule has 1 saturated heterocycles. The van der Waals surface area contributed by atoms with Crippen molar-refractivity contribution in [3.05, 3.63) is 101 Å². The summed E-state index contributed by atoms with van der Waals surface area (Å²) in [6.45, 7) is 4.58. The second kappa shape index (κ2) is 18.3. The fourth-order valence-corrected chi connectivity index (χ4v) is 5.93. The molecular weight excluding hydrogens is 621 g/mol. The number of unbranched alkanes of at least 4 members (excludes halogenated alkanes) is 3. The van der Waals surface area contributed by atoms with Gasteiger partial charge in [0.1, 0.15) is 5.75 Å². The first-order valence-electron chi connectivity index (χ1n) is 16.7. The van der Waals surface area contributed by atoms with Crippen molar-refractivity contribution in [3.8, 4) is 5.75 Å². The Morgan fingerprint density at radius 2 is 1.60 bits per heavy atom. The third-order valence-electron chi connectivity index (χ3n) is 8.67. The van der Waals surface area contributed by atoms with Crippen LogP contribution in [0.4, 0.5) is 18.9 Å². The fourth-order valence-electron chi connectivity index (χ4n) is 5.93. The van der Waals surface area contributed by atoms with Gasteiger partial charge in [0.05, 0.1) is 17.7 Å². The Labute approximate surface area is 280 Å². The normalized spacial score (nSPS) is 14.7. The van der Waals surface area contributed by atoms with Crippen LogP contribution < -0.4 is 9.64 Å². The number of halogens is 3. The average Bonchev–Trinajstić information content (AvgIpc) is 3.07. The minimum Gasteiger partial charge on any atom is -0.493 e. The number of anilines is 1. The Bertz CT molecular complexity index is 1480. The van der Waals surface area contributed by atoms with Gasteiger partial charge in [-0.3, -0.25) is 9.69 Å². The molecule has 1 atom stereocenters. The molecule has 0 aromatic heterocycles. The summed E-state index contributed by atoms with van der Waals surface area (Å²) in [5.74, 6) is -0.811. The van der Waals surface area contributed by atoms with Gasteiger partial charge in [0.25, 0.3) is 0 Å². The lowest BCUT2D eigenvalue weighted by atomic mass is 9.92. The predicted octanol–water partition coefficient (Wildman–Crippen LogP) is 8.29. The summed E-state index contributed by atoms with van der Waals surface area (Å²) in [5.41, 5.74) is 2.24. The lowest BCUT2D eigenvalue weighted by Gasteiger charge is -2.36. The van der Waals surface area contributed by atoms with Crippen LogP contribution in [0.2, 0.25) is 0 Å². The van der Waals surface area contributed by atoms with Crippen LogP contribution >= 0.6 is 0 Å². The number of piperazine rings is 1. The molecular formula is C38H45F3N2O5. The Morgan fingerprint density at radius 1 is 0.854 bits per heavy atom. The first kappa shape index (κ1) is 36.5. The predicted molar refractivity (Wildman–Crippen MR) is 182 cm³/mol. The number of hydrogen-bond donors (Lipinski definition) is 2. The number of carbonyl (C=O) groups is 2. The van der Waals surface area contributed by atoms with Crippen molar-refractivity contribution < 1.29 is 37.7 Å². The quantitative estimate of drug-likeness (QED) is 0.132. The first-order chi connectivity index (χ1) is 23.1. The van der Waals surface area contributed by atoms with Crippen molar-refractivity contribution in [1.29, 1.82) is 0 Å². The molecule has 0 spiro atoms. The monoisotopic (exact) mass is 666 g/mol. The van der Waals surface area contributed by atoms with Crippen LogP contribution in [0.5, 0.6) is 5.75 Å². The van der Waals surface area contributed by atoms with Gasteiger partial charge in [0.15, 0.2) is 0 Å². The van der Waals surface area contributed by atoms with Crippen molar-refractivity contribution in [3.63, 3.8) is 0 Å². The van der Waals surface area contributed by atoms with Crippen LogP contribution in [0, 0.1) is 5.92 Å². The Balaban J connectivity index is 1.21. The Hall–Kier alpha value is -4.31. The maximum Gasteiger partial charge on any atom is 0.416 e. The zero-order valence-electron chi connectivity index (χ0n) is 27.2. The van der Waals surface area contributed by atoms with Gasteiger partial charge in [-0.2, -0.15) is 13.2 Å².